The number of ether oxygens (including phenoxy) is 1. The zero-order valence-corrected chi connectivity index (χ0v) is 18.0. The van der Waals surface area contributed by atoms with Crippen LogP contribution in [0, 0.1) is 0 Å². The molecule has 0 N–H and O–H groups in total. The third kappa shape index (κ3) is 4.43. The first-order valence-corrected chi connectivity index (χ1v) is 10.3. The van der Waals surface area contributed by atoms with Crippen LogP contribution in [-0.4, -0.2) is 32.5 Å². The molecule has 0 fully saturated rings. The number of pyridine rings is 1. The van der Waals surface area contributed by atoms with Gasteiger partial charge in [-0.15, -0.1) is 0 Å². The number of fused-ring (bicyclic) bond motifs is 1. The predicted octanol–water partition coefficient (Wildman–Crippen LogP) is 4.86. The molecule has 6 nitrogen and oxygen atoms in total. The maximum absolute atomic E-state index is 13.6. The molecule has 158 valence electrons. The lowest BCUT2D eigenvalue weighted by molar-refractivity contribution is 0.0729. The third-order valence-electron chi connectivity index (χ3n) is 5.32. The summed E-state index contributed by atoms with van der Waals surface area (Å²) < 4.78 is 7.60. The van der Waals surface area contributed by atoms with Gasteiger partial charge in [0.15, 0.2) is 0 Å². The van der Waals surface area contributed by atoms with Crippen molar-refractivity contribution in [3.63, 3.8) is 0 Å². The second-order valence-corrected chi connectivity index (χ2v) is 7.78. The molecule has 0 aliphatic carbocycles. The van der Waals surface area contributed by atoms with Crippen LogP contribution in [0.2, 0.25) is 0 Å². The van der Waals surface area contributed by atoms with Crippen LogP contribution in [0.3, 0.4) is 0 Å². The normalized spacial score (nSPS) is 11.1. The summed E-state index contributed by atoms with van der Waals surface area (Å²) in [4.78, 5) is 24.1. The Morgan fingerprint density at radius 1 is 1.10 bits per heavy atom. The molecule has 4 aromatic rings. The molecule has 0 aliphatic heterocycles. The number of amides is 1. The summed E-state index contributed by atoms with van der Waals surface area (Å²) in [5, 5.41) is 0. The quantitative estimate of drug-likeness (QED) is 0.433. The van der Waals surface area contributed by atoms with Gasteiger partial charge in [0.2, 0.25) is 0 Å². The molecule has 0 unspecified atom stereocenters. The van der Waals surface area contributed by atoms with Crippen LogP contribution in [0.4, 0.5) is 0 Å². The monoisotopic (exact) mass is 414 g/mol. The average Bonchev–Trinajstić information content (AvgIpc) is 3.23. The predicted molar refractivity (Wildman–Crippen MR) is 121 cm³/mol. The Kier molecular flexibility index (Phi) is 5.98. The molecule has 0 saturated carbocycles. The van der Waals surface area contributed by atoms with E-state index < -0.39 is 0 Å². The number of aromatic nitrogens is 3. The van der Waals surface area contributed by atoms with Crippen molar-refractivity contribution in [1.29, 1.82) is 0 Å². The Balaban J connectivity index is 1.68. The highest BCUT2D eigenvalue weighted by molar-refractivity contribution is 5.97. The summed E-state index contributed by atoms with van der Waals surface area (Å²) in [5.41, 5.74) is 4.37. The molecule has 0 atom stereocenters. The Labute approximate surface area is 182 Å². The summed E-state index contributed by atoms with van der Waals surface area (Å²) in [6, 6.07) is 17.7. The standard InChI is InChI=1S/C25H26N4O2/c1-18(2)29-17-27-22-13-20(10-11-23(22)29)25(30)28(15-19-7-6-12-26-14-19)16-21-8-4-5-9-24(21)31-3/h4-14,17-18H,15-16H2,1-3H3. The average molecular weight is 415 g/mol. The number of imidazole rings is 1. The molecule has 0 spiro atoms. The van der Waals surface area contributed by atoms with E-state index in [2.05, 4.69) is 28.4 Å². The first kappa shape index (κ1) is 20.6. The number of methoxy groups -OCH3 is 1. The van der Waals surface area contributed by atoms with Crippen LogP contribution in [0.25, 0.3) is 11.0 Å². The fraction of sp³-hybridized carbons (Fsp3) is 0.240. The van der Waals surface area contributed by atoms with Gasteiger partial charge in [0.25, 0.3) is 5.91 Å². The summed E-state index contributed by atoms with van der Waals surface area (Å²) >= 11 is 0. The van der Waals surface area contributed by atoms with Gasteiger partial charge in [-0.25, -0.2) is 4.98 Å². The van der Waals surface area contributed by atoms with E-state index in [4.69, 9.17) is 4.74 Å². The number of carbonyl (C=O) groups excluding carboxylic acids is 1. The van der Waals surface area contributed by atoms with Gasteiger partial charge in [0, 0.05) is 42.7 Å². The van der Waals surface area contributed by atoms with E-state index in [-0.39, 0.29) is 5.91 Å². The van der Waals surface area contributed by atoms with E-state index in [0.717, 1.165) is 27.9 Å². The third-order valence-corrected chi connectivity index (χ3v) is 5.32. The Morgan fingerprint density at radius 2 is 1.94 bits per heavy atom. The number of hydrogen-bond acceptors (Lipinski definition) is 4. The molecule has 31 heavy (non-hydrogen) atoms. The van der Waals surface area contributed by atoms with Crippen molar-refractivity contribution >= 4 is 16.9 Å². The molecule has 0 aliphatic rings. The number of carbonyl (C=O) groups is 1. The fourth-order valence-corrected chi connectivity index (χ4v) is 3.71. The molecule has 2 aromatic carbocycles. The molecule has 6 heteroatoms. The Morgan fingerprint density at radius 3 is 2.68 bits per heavy atom. The maximum atomic E-state index is 13.6. The van der Waals surface area contributed by atoms with Gasteiger partial charge in [0.05, 0.1) is 24.5 Å². The van der Waals surface area contributed by atoms with Crippen molar-refractivity contribution in [3.05, 3.63) is 90.0 Å². The van der Waals surface area contributed by atoms with E-state index in [1.165, 1.54) is 0 Å². The second-order valence-electron chi connectivity index (χ2n) is 7.78. The summed E-state index contributed by atoms with van der Waals surface area (Å²) in [5.74, 6) is 0.702. The van der Waals surface area contributed by atoms with Gasteiger partial charge in [0.1, 0.15) is 5.75 Å². The number of benzene rings is 2. The SMILES string of the molecule is COc1ccccc1CN(Cc1cccnc1)C(=O)c1ccc2c(c1)ncn2C(C)C. The van der Waals surface area contributed by atoms with Crippen LogP contribution >= 0.6 is 0 Å². The topological polar surface area (TPSA) is 60.2 Å². The number of nitrogens with zero attached hydrogens (tertiary/aromatic N) is 4. The Bertz CT molecular complexity index is 1180. The summed E-state index contributed by atoms with van der Waals surface area (Å²) in [6.45, 7) is 5.10. The first-order valence-electron chi connectivity index (χ1n) is 10.3. The second kappa shape index (κ2) is 9.00. The first-order chi connectivity index (χ1) is 15.1. The van der Waals surface area contributed by atoms with Crippen molar-refractivity contribution in [2.45, 2.75) is 33.0 Å². The number of rotatable bonds is 7. The van der Waals surface area contributed by atoms with Gasteiger partial charge in [-0.2, -0.15) is 0 Å². The highest BCUT2D eigenvalue weighted by Gasteiger charge is 2.20. The maximum Gasteiger partial charge on any atom is 0.254 e. The number of hydrogen-bond donors (Lipinski definition) is 0. The van der Waals surface area contributed by atoms with Gasteiger partial charge in [-0.05, 0) is 49.7 Å². The zero-order chi connectivity index (χ0) is 21.8. The van der Waals surface area contributed by atoms with Crippen LogP contribution < -0.4 is 4.74 Å². The van der Waals surface area contributed by atoms with Gasteiger partial charge >= 0.3 is 0 Å². The van der Waals surface area contributed by atoms with Crippen molar-refractivity contribution in [2.75, 3.05) is 7.11 Å². The summed E-state index contributed by atoms with van der Waals surface area (Å²) in [7, 11) is 1.64. The van der Waals surface area contributed by atoms with Crippen LogP contribution in [0.5, 0.6) is 5.75 Å². The van der Waals surface area contributed by atoms with E-state index in [9.17, 15) is 4.79 Å². The molecular formula is C25H26N4O2. The number of para-hydroxylation sites is 1. The molecule has 0 radical (unpaired) electrons. The largest absolute Gasteiger partial charge is 0.496 e. The van der Waals surface area contributed by atoms with Crippen molar-refractivity contribution in [2.24, 2.45) is 0 Å². The minimum Gasteiger partial charge on any atom is -0.496 e. The van der Waals surface area contributed by atoms with E-state index in [1.807, 2.05) is 65.8 Å². The van der Waals surface area contributed by atoms with Crippen LogP contribution in [0.1, 0.15) is 41.4 Å². The summed E-state index contributed by atoms with van der Waals surface area (Å²) in [6.07, 6.45) is 5.34. The zero-order valence-electron chi connectivity index (χ0n) is 18.0. The molecule has 4 rings (SSSR count). The van der Waals surface area contributed by atoms with Crippen LogP contribution in [0.15, 0.2) is 73.3 Å². The highest BCUT2D eigenvalue weighted by Crippen LogP contribution is 2.24. The fourth-order valence-electron chi connectivity index (χ4n) is 3.71. The van der Waals surface area contributed by atoms with Crippen molar-refractivity contribution in [3.8, 4) is 5.75 Å². The van der Waals surface area contributed by atoms with Crippen molar-refractivity contribution in [1.82, 2.24) is 19.4 Å². The minimum atomic E-state index is -0.0595. The van der Waals surface area contributed by atoms with Gasteiger partial charge in [-0.3, -0.25) is 9.78 Å². The lowest BCUT2D eigenvalue weighted by atomic mass is 10.1. The molecule has 2 heterocycles. The Hall–Kier alpha value is -3.67. The lowest BCUT2D eigenvalue weighted by Crippen LogP contribution is -2.30. The van der Waals surface area contributed by atoms with Gasteiger partial charge < -0.3 is 14.2 Å². The molecule has 0 saturated heterocycles. The van der Waals surface area contributed by atoms with Crippen LogP contribution in [-0.2, 0) is 13.1 Å². The van der Waals surface area contributed by atoms with E-state index in [0.29, 0.717) is 24.7 Å². The highest BCUT2D eigenvalue weighted by atomic mass is 16.5. The lowest BCUT2D eigenvalue weighted by Gasteiger charge is -2.24. The van der Waals surface area contributed by atoms with Gasteiger partial charge in [-0.1, -0.05) is 24.3 Å². The molecule has 1 amide bonds. The van der Waals surface area contributed by atoms with E-state index >= 15 is 0 Å². The smallest absolute Gasteiger partial charge is 0.254 e. The molecule has 0 bridgehead atoms. The minimum absolute atomic E-state index is 0.0595. The van der Waals surface area contributed by atoms with E-state index in [1.54, 1.807) is 19.5 Å². The molecular weight excluding hydrogens is 388 g/mol. The van der Waals surface area contributed by atoms with Crippen molar-refractivity contribution < 1.29 is 9.53 Å². The molecule has 2 aromatic heterocycles.